The first kappa shape index (κ1) is 21.3. The summed E-state index contributed by atoms with van der Waals surface area (Å²) in [6.07, 6.45) is 0. The number of carbonyl (C=O) groups excluding carboxylic acids is 2. The van der Waals surface area contributed by atoms with Gasteiger partial charge in [0.15, 0.2) is 11.5 Å². The number of ether oxygens (including phenoxy) is 2. The van der Waals surface area contributed by atoms with Crippen molar-refractivity contribution < 1.29 is 19.1 Å². The number of amides is 2. The minimum Gasteiger partial charge on any atom is -0.493 e. The van der Waals surface area contributed by atoms with Crippen LogP contribution in [0.4, 0.5) is 0 Å². The molecule has 30 heavy (non-hydrogen) atoms. The summed E-state index contributed by atoms with van der Waals surface area (Å²) in [6, 6.07) is 12.9. The number of hydrogen-bond acceptors (Lipinski definition) is 6. The molecule has 7 nitrogen and oxygen atoms in total. The molecule has 0 saturated heterocycles. The molecule has 3 rings (SSSR count). The molecule has 0 unspecified atom stereocenters. The Bertz CT molecular complexity index is 1120. The minimum absolute atomic E-state index is 0.201. The lowest BCUT2D eigenvalue weighted by Crippen LogP contribution is -2.35. The van der Waals surface area contributed by atoms with Gasteiger partial charge in [-0.3, -0.25) is 9.59 Å². The van der Waals surface area contributed by atoms with E-state index in [9.17, 15) is 9.59 Å². The van der Waals surface area contributed by atoms with Gasteiger partial charge in [-0.15, -0.1) is 11.3 Å². The van der Waals surface area contributed by atoms with Crippen LogP contribution in [0.3, 0.4) is 0 Å². The maximum atomic E-state index is 12.3. The Hall–Kier alpha value is -3.39. The number of fused-ring (bicyclic) bond motifs is 1. The van der Waals surface area contributed by atoms with Crippen molar-refractivity contribution >= 4 is 38.9 Å². The van der Waals surface area contributed by atoms with Crippen molar-refractivity contribution in [3.05, 3.63) is 58.5 Å². The molecule has 0 aliphatic heterocycles. The maximum absolute atomic E-state index is 12.3. The number of nitrogens with one attached hydrogen (secondary N) is 2. The summed E-state index contributed by atoms with van der Waals surface area (Å²) in [4.78, 5) is 25.6. The predicted octanol–water partition coefficient (Wildman–Crippen LogP) is 3.50. The normalized spacial score (nSPS) is 11.3. The van der Waals surface area contributed by atoms with E-state index < -0.39 is 11.8 Å². The molecule has 2 aromatic carbocycles. The van der Waals surface area contributed by atoms with Crippen LogP contribution in [0, 0.1) is 6.92 Å². The number of aryl methyl sites for hydroxylation is 1. The Balaban J connectivity index is 1.62. The van der Waals surface area contributed by atoms with E-state index in [4.69, 9.17) is 9.47 Å². The van der Waals surface area contributed by atoms with Gasteiger partial charge in [-0.25, -0.2) is 5.43 Å². The van der Waals surface area contributed by atoms with Crippen molar-refractivity contribution in [1.82, 2.24) is 10.7 Å². The van der Waals surface area contributed by atoms with Crippen LogP contribution in [0.1, 0.15) is 27.7 Å². The zero-order valence-corrected chi connectivity index (χ0v) is 18.1. The second kappa shape index (κ2) is 9.41. The van der Waals surface area contributed by atoms with Gasteiger partial charge in [0, 0.05) is 26.1 Å². The van der Waals surface area contributed by atoms with Crippen LogP contribution < -0.4 is 20.2 Å². The van der Waals surface area contributed by atoms with E-state index in [1.54, 1.807) is 29.5 Å². The highest BCUT2D eigenvalue weighted by molar-refractivity contribution is 7.19. The topological polar surface area (TPSA) is 89.0 Å². The first-order valence-electron chi connectivity index (χ1n) is 9.26. The van der Waals surface area contributed by atoms with Gasteiger partial charge in [0.2, 0.25) is 0 Å². The maximum Gasteiger partial charge on any atom is 0.259 e. The molecule has 2 amide bonds. The number of rotatable bonds is 7. The summed E-state index contributed by atoms with van der Waals surface area (Å²) in [5, 5.41) is 7.90. The molecule has 2 N–H and O–H groups in total. The molecule has 0 atom stereocenters. The molecule has 1 heterocycles. The molecule has 8 heteroatoms. The third kappa shape index (κ3) is 4.60. The van der Waals surface area contributed by atoms with E-state index in [1.165, 1.54) is 18.9 Å². The number of methoxy groups -OCH3 is 2. The van der Waals surface area contributed by atoms with Gasteiger partial charge in [-0.05, 0) is 38.1 Å². The standard InChI is InChI=1S/C22H23N3O4S/c1-13(21-14(2)30-19-8-6-5-7-16(19)21)24-25-20(26)12-23-22(27)15-9-10-17(28-3)18(11-15)29-4/h5-11H,12H2,1-4H3,(H,23,27)(H,25,26). The number of hydrazone groups is 1. The second-order valence-corrected chi connectivity index (χ2v) is 7.77. The molecule has 1 aromatic heterocycles. The lowest BCUT2D eigenvalue weighted by molar-refractivity contribution is -0.120. The minimum atomic E-state index is -0.416. The summed E-state index contributed by atoms with van der Waals surface area (Å²) in [6.45, 7) is 3.68. The first-order valence-corrected chi connectivity index (χ1v) is 10.1. The van der Waals surface area contributed by atoms with E-state index in [0.29, 0.717) is 22.8 Å². The number of benzene rings is 2. The average molecular weight is 426 g/mol. The SMILES string of the molecule is COc1ccc(C(=O)NCC(=O)NN=C(C)c2c(C)sc3ccccc23)cc1OC. The van der Waals surface area contributed by atoms with E-state index in [0.717, 1.165) is 15.8 Å². The Kier molecular flexibility index (Phi) is 6.68. The quantitative estimate of drug-likeness (QED) is 0.448. The average Bonchev–Trinajstić information content (AvgIpc) is 3.10. The lowest BCUT2D eigenvalue weighted by atomic mass is 10.1. The zero-order valence-electron chi connectivity index (χ0n) is 17.2. The fourth-order valence-corrected chi connectivity index (χ4v) is 4.22. The summed E-state index contributed by atoms with van der Waals surface area (Å²) in [5.41, 5.74) is 4.60. The van der Waals surface area contributed by atoms with Crippen LogP contribution in [0.5, 0.6) is 11.5 Å². The summed E-state index contributed by atoms with van der Waals surface area (Å²) < 4.78 is 11.5. The van der Waals surface area contributed by atoms with Crippen molar-refractivity contribution in [2.45, 2.75) is 13.8 Å². The Labute approximate surface area is 178 Å². The Morgan fingerprint density at radius 3 is 2.53 bits per heavy atom. The van der Waals surface area contributed by atoms with Crippen LogP contribution in [0.15, 0.2) is 47.6 Å². The number of hydrogen-bond donors (Lipinski definition) is 2. The molecule has 0 aliphatic carbocycles. The third-order valence-corrected chi connectivity index (χ3v) is 5.62. The van der Waals surface area contributed by atoms with Crippen LogP contribution in [-0.2, 0) is 4.79 Å². The van der Waals surface area contributed by atoms with Crippen molar-refractivity contribution in [1.29, 1.82) is 0 Å². The monoisotopic (exact) mass is 425 g/mol. The number of carbonyl (C=O) groups is 2. The molecule has 0 saturated carbocycles. The zero-order chi connectivity index (χ0) is 21.7. The summed E-state index contributed by atoms with van der Waals surface area (Å²) >= 11 is 1.69. The first-order chi connectivity index (χ1) is 14.4. The molecule has 0 aliphatic rings. The Morgan fingerprint density at radius 1 is 1.07 bits per heavy atom. The predicted molar refractivity (Wildman–Crippen MR) is 119 cm³/mol. The van der Waals surface area contributed by atoms with Gasteiger partial charge < -0.3 is 14.8 Å². The van der Waals surface area contributed by atoms with Gasteiger partial charge >= 0.3 is 0 Å². The molecular formula is C22H23N3O4S. The highest BCUT2D eigenvalue weighted by Gasteiger charge is 2.13. The van der Waals surface area contributed by atoms with Crippen molar-refractivity contribution in [3.8, 4) is 11.5 Å². The fourth-order valence-electron chi connectivity index (χ4n) is 3.10. The molecule has 3 aromatic rings. The Morgan fingerprint density at radius 2 is 1.80 bits per heavy atom. The largest absolute Gasteiger partial charge is 0.493 e. The van der Waals surface area contributed by atoms with Crippen molar-refractivity contribution in [3.63, 3.8) is 0 Å². The number of nitrogens with zero attached hydrogens (tertiary/aromatic N) is 1. The van der Waals surface area contributed by atoms with Gasteiger partial charge in [-0.2, -0.15) is 5.10 Å². The summed E-state index contributed by atoms with van der Waals surface area (Å²) in [5.74, 6) is 0.146. The van der Waals surface area contributed by atoms with Gasteiger partial charge in [-0.1, -0.05) is 18.2 Å². The van der Waals surface area contributed by atoms with E-state index in [1.807, 2.05) is 32.0 Å². The van der Waals surface area contributed by atoms with Crippen LogP contribution >= 0.6 is 11.3 Å². The van der Waals surface area contributed by atoms with Crippen LogP contribution in [0.2, 0.25) is 0 Å². The summed E-state index contributed by atoms with van der Waals surface area (Å²) in [7, 11) is 3.01. The lowest BCUT2D eigenvalue weighted by Gasteiger charge is -2.10. The highest BCUT2D eigenvalue weighted by Crippen LogP contribution is 2.31. The number of thiophene rings is 1. The second-order valence-electron chi connectivity index (χ2n) is 6.51. The van der Waals surface area contributed by atoms with Crippen molar-refractivity contribution in [2.75, 3.05) is 20.8 Å². The van der Waals surface area contributed by atoms with E-state index in [-0.39, 0.29) is 6.54 Å². The van der Waals surface area contributed by atoms with Crippen LogP contribution in [0.25, 0.3) is 10.1 Å². The van der Waals surface area contributed by atoms with Gasteiger partial charge in [0.05, 0.1) is 26.5 Å². The molecular weight excluding hydrogens is 402 g/mol. The molecule has 0 bridgehead atoms. The van der Waals surface area contributed by atoms with Gasteiger partial charge in [0.25, 0.3) is 11.8 Å². The molecule has 0 fully saturated rings. The molecule has 156 valence electrons. The molecule has 0 spiro atoms. The highest BCUT2D eigenvalue weighted by atomic mass is 32.1. The van der Waals surface area contributed by atoms with Crippen LogP contribution in [-0.4, -0.2) is 38.3 Å². The van der Waals surface area contributed by atoms with Crippen molar-refractivity contribution in [2.24, 2.45) is 5.10 Å². The third-order valence-electron chi connectivity index (χ3n) is 4.54. The molecule has 0 radical (unpaired) electrons. The fraction of sp³-hybridized carbons (Fsp3) is 0.227. The van der Waals surface area contributed by atoms with E-state index >= 15 is 0 Å². The van der Waals surface area contributed by atoms with E-state index in [2.05, 4.69) is 21.9 Å². The van der Waals surface area contributed by atoms with Gasteiger partial charge in [0.1, 0.15) is 0 Å². The smallest absolute Gasteiger partial charge is 0.259 e.